The van der Waals surface area contributed by atoms with Gasteiger partial charge in [-0.15, -0.1) is 0 Å². The zero-order valence-corrected chi connectivity index (χ0v) is 11.4. The van der Waals surface area contributed by atoms with Crippen molar-refractivity contribution in [2.24, 2.45) is 11.1 Å². The van der Waals surface area contributed by atoms with Gasteiger partial charge in [-0.25, -0.2) is 4.79 Å². The summed E-state index contributed by atoms with van der Waals surface area (Å²) in [5, 5.41) is 11.5. The van der Waals surface area contributed by atoms with Crippen molar-refractivity contribution in [3.8, 4) is 0 Å². The monoisotopic (exact) mass is 264 g/mol. The Morgan fingerprint density at radius 3 is 2.53 bits per heavy atom. The van der Waals surface area contributed by atoms with E-state index in [2.05, 4.69) is 5.32 Å². The van der Waals surface area contributed by atoms with E-state index in [-0.39, 0.29) is 29.3 Å². The van der Waals surface area contributed by atoms with Gasteiger partial charge < -0.3 is 16.2 Å². The van der Waals surface area contributed by atoms with E-state index in [1.807, 2.05) is 20.8 Å². The van der Waals surface area contributed by atoms with Crippen LogP contribution in [-0.4, -0.2) is 23.0 Å². The molecular formula is C14H20N2O3. The number of nitrogens with one attached hydrogen (secondary N) is 1. The van der Waals surface area contributed by atoms with Crippen LogP contribution in [0.25, 0.3) is 0 Å². The molecule has 1 rings (SSSR count). The molecule has 0 fully saturated rings. The first-order valence-corrected chi connectivity index (χ1v) is 6.09. The average molecular weight is 264 g/mol. The highest BCUT2D eigenvalue weighted by Gasteiger charge is 2.23. The number of hydrogen-bond donors (Lipinski definition) is 3. The number of rotatable bonds is 4. The smallest absolute Gasteiger partial charge is 0.335 e. The Morgan fingerprint density at radius 1 is 1.37 bits per heavy atom. The molecule has 104 valence electrons. The van der Waals surface area contributed by atoms with Crippen molar-refractivity contribution < 1.29 is 14.7 Å². The number of hydrogen-bond acceptors (Lipinski definition) is 3. The number of amides is 1. The maximum absolute atomic E-state index is 11.8. The van der Waals surface area contributed by atoms with E-state index in [9.17, 15) is 9.59 Å². The minimum absolute atomic E-state index is 0.137. The lowest BCUT2D eigenvalue weighted by molar-refractivity contribution is -0.117. The van der Waals surface area contributed by atoms with Crippen LogP contribution in [0.4, 0.5) is 5.69 Å². The molecule has 4 N–H and O–H groups in total. The standard InChI is InChI=1S/C14H20N2O3/c1-14(2,3)11(15)8-12(17)16-10-6-4-5-9(7-10)13(18)19/h4-7,11H,8,15H2,1-3H3,(H,16,17)(H,18,19). The predicted octanol–water partition coefficient (Wildman–Crippen LogP) is 2.09. The Balaban J connectivity index is 2.67. The van der Waals surface area contributed by atoms with Crippen LogP contribution in [0, 0.1) is 5.41 Å². The summed E-state index contributed by atoms with van der Waals surface area (Å²) in [6, 6.07) is 5.87. The Labute approximate surface area is 112 Å². The van der Waals surface area contributed by atoms with Crippen molar-refractivity contribution in [1.82, 2.24) is 0 Å². The number of carbonyl (C=O) groups excluding carboxylic acids is 1. The summed E-state index contributed by atoms with van der Waals surface area (Å²) in [5.74, 6) is -1.24. The fourth-order valence-corrected chi connectivity index (χ4v) is 1.45. The largest absolute Gasteiger partial charge is 0.478 e. The van der Waals surface area contributed by atoms with E-state index in [4.69, 9.17) is 10.8 Å². The van der Waals surface area contributed by atoms with Gasteiger partial charge in [0.2, 0.25) is 5.91 Å². The molecule has 0 aliphatic heterocycles. The van der Waals surface area contributed by atoms with Gasteiger partial charge in [-0.2, -0.15) is 0 Å². The van der Waals surface area contributed by atoms with E-state index >= 15 is 0 Å². The molecule has 1 amide bonds. The van der Waals surface area contributed by atoms with E-state index < -0.39 is 5.97 Å². The van der Waals surface area contributed by atoms with Crippen LogP contribution in [0.5, 0.6) is 0 Å². The zero-order chi connectivity index (χ0) is 14.6. The van der Waals surface area contributed by atoms with Crippen LogP contribution in [-0.2, 0) is 4.79 Å². The number of carbonyl (C=O) groups is 2. The molecular weight excluding hydrogens is 244 g/mol. The molecule has 0 aliphatic carbocycles. The van der Waals surface area contributed by atoms with Gasteiger partial charge in [0.25, 0.3) is 0 Å². The average Bonchev–Trinajstić information content (AvgIpc) is 2.27. The van der Waals surface area contributed by atoms with Crippen LogP contribution in [0.1, 0.15) is 37.6 Å². The molecule has 0 saturated heterocycles. The second-order valence-corrected chi connectivity index (χ2v) is 5.61. The third kappa shape index (κ3) is 4.71. The molecule has 0 bridgehead atoms. The van der Waals surface area contributed by atoms with Crippen molar-refractivity contribution in [3.05, 3.63) is 29.8 Å². The van der Waals surface area contributed by atoms with Crippen molar-refractivity contribution in [1.29, 1.82) is 0 Å². The van der Waals surface area contributed by atoms with Crippen molar-refractivity contribution in [3.63, 3.8) is 0 Å². The summed E-state index contributed by atoms with van der Waals surface area (Å²) in [7, 11) is 0. The number of carboxylic acid groups (broad SMARTS) is 1. The predicted molar refractivity (Wildman–Crippen MR) is 74.1 cm³/mol. The van der Waals surface area contributed by atoms with Gasteiger partial charge in [-0.1, -0.05) is 26.8 Å². The van der Waals surface area contributed by atoms with Crippen LogP contribution >= 0.6 is 0 Å². The first-order chi connectivity index (χ1) is 8.70. The summed E-state index contributed by atoms with van der Waals surface area (Å²) in [6.45, 7) is 5.90. The Hall–Kier alpha value is -1.88. The number of anilines is 1. The van der Waals surface area contributed by atoms with E-state index in [0.717, 1.165) is 0 Å². The van der Waals surface area contributed by atoms with Gasteiger partial charge in [0.15, 0.2) is 0 Å². The number of aromatic carboxylic acids is 1. The molecule has 1 aromatic carbocycles. The third-order valence-electron chi connectivity index (χ3n) is 2.91. The molecule has 5 nitrogen and oxygen atoms in total. The molecule has 0 heterocycles. The summed E-state index contributed by atoms with van der Waals surface area (Å²) >= 11 is 0. The lowest BCUT2D eigenvalue weighted by atomic mass is 9.85. The lowest BCUT2D eigenvalue weighted by Crippen LogP contribution is -2.38. The minimum Gasteiger partial charge on any atom is -0.478 e. The first kappa shape index (κ1) is 15.2. The van der Waals surface area contributed by atoms with E-state index in [0.29, 0.717) is 5.69 Å². The fraction of sp³-hybridized carbons (Fsp3) is 0.429. The van der Waals surface area contributed by atoms with Gasteiger partial charge in [-0.3, -0.25) is 4.79 Å². The van der Waals surface area contributed by atoms with Crippen molar-refractivity contribution in [2.75, 3.05) is 5.32 Å². The van der Waals surface area contributed by atoms with Crippen molar-refractivity contribution >= 4 is 17.6 Å². The number of nitrogens with two attached hydrogens (primary N) is 1. The van der Waals surface area contributed by atoms with Crippen LogP contribution in [0.3, 0.4) is 0 Å². The molecule has 1 aromatic rings. The van der Waals surface area contributed by atoms with Gasteiger partial charge in [-0.05, 0) is 23.6 Å². The molecule has 0 spiro atoms. The van der Waals surface area contributed by atoms with Crippen LogP contribution in [0.15, 0.2) is 24.3 Å². The summed E-state index contributed by atoms with van der Waals surface area (Å²) in [5.41, 5.74) is 6.38. The van der Waals surface area contributed by atoms with Gasteiger partial charge in [0.1, 0.15) is 0 Å². The summed E-state index contributed by atoms with van der Waals surface area (Å²) in [4.78, 5) is 22.6. The van der Waals surface area contributed by atoms with Gasteiger partial charge >= 0.3 is 5.97 Å². The van der Waals surface area contributed by atoms with E-state index in [1.165, 1.54) is 12.1 Å². The Morgan fingerprint density at radius 2 is 2.00 bits per heavy atom. The lowest BCUT2D eigenvalue weighted by Gasteiger charge is -2.26. The zero-order valence-electron chi connectivity index (χ0n) is 11.4. The van der Waals surface area contributed by atoms with Crippen LogP contribution in [0.2, 0.25) is 0 Å². The summed E-state index contributed by atoms with van der Waals surface area (Å²) in [6.07, 6.45) is 0.195. The normalized spacial score (nSPS) is 12.8. The summed E-state index contributed by atoms with van der Waals surface area (Å²) < 4.78 is 0. The highest BCUT2D eigenvalue weighted by Crippen LogP contribution is 2.20. The maximum Gasteiger partial charge on any atom is 0.335 e. The highest BCUT2D eigenvalue weighted by atomic mass is 16.4. The molecule has 5 heteroatoms. The van der Waals surface area contributed by atoms with Crippen LogP contribution < -0.4 is 11.1 Å². The first-order valence-electron chi connectivity index (χ1n) is 6.09. The number of carboxylic acids is 1. The molecule has 1 atom stereocenters. The third-order valence-corrected chi connectivity index (χ3v) is 2.91. The highest BCUT2D eigenvalue weighted by molar-refractivity contribution is 5.94. The SMILES string of the molecule is CC(C)(C)C(N)CC(=O)Nc1cccc(C(=O)O)c1. The number of benzene rings is 1. The second kappa shape index (κ2) is 5.84. The minimum atomic E-state index is -1.03. The van der Waals surface area contributed by atoms with Gasteiger partial charge in [0.05, 0.1) is 5.56 Å². The quantitative estimate of drug-likeness (QED) is 0.776. The van der Waals surface area contributed by atoms with Gasteiger partial charge in [0, 0.05) is 18.2 Å². The van der Waals surface area contributed by atoms with Crippen molar-refractivity contribution in [2.45, 2.75) is 33.2 Å². The maximum atomic E-state index is 11.8. The molecule has 0 saturated carbocycles. The Kier molecular flexibility index (Phi) is 4.67. The Bertz CT molecular complexity index is 478. The molecule has 0 radical (unpaired) electrons. The topological polar surface area (TPSA) is 92.4 Å². The fourth-order valence-electron chi connectivity index (χ4n) is 1.45. The molecule has 19 heavy (non-hydrogen) atoms. The molecule has 0 aromatic heterocycles. The van der Waals surface area contributed by atoms with E-state index in [1.54, 1.807) is 12.1 Å². The second-order valence-electron chi connectivity index (χ2n) is 5.61. The molecule has 1 unspecified atom stereocenters. The molecule has 0 aliphatic rings.